The van der Waals surface area contributed by atoms with E-state index in [1.54, 1.807) is 0 Å². The zero-order chi connectivity index (χ0) is 31.9. The highest BCUT2D eigenvalue weighted by molar-refractivity contribution is 6.11. The van der Waals surface area contributed by atoms with Crippen molar-refractivity contribution in [1.29, 1.82) is 5.26 Å². The summed E-state index contributed by atoms with van der Waals surface area (Å²) in [6.07, 6.45) is 0. The number of fused-ring (bicyclic) bond motifs is 3. The van der Waals surface area contributed by atoms with Gasteiger partial charge in [0.05, 0.1) is 28.4 Å². The average molecular weight is 604 g/mol. The summed E-state index contributed by atoms with van der Waals surface area (Å²) in [4.78, 5) is 15.0. The van der Waals surface area contributed by atoms with Crippen LogP contribution in [-0.4, -0.2) is 19.5 Å². The minimum absolute atomic E-state index is 0.537. The van der Waals surface area contributed by atoms with Crippen molar-refractivity contribution >= 4 is 21.8 Å². The summed E-state index contributed by atoms with van der Waals surface area (Å²) in [7, 11) is 0. The standard InChI is InChI=1S/C42H29N5/c1-27-21-28(2)23-33(22-27)32-18-20-38-36(25-32)34-15-9-10-16-37(34)47(38)39-24-29(26-43)17-19-35(39)42-45-40(30-11-5-3-6-12-30)44-41(46-42)31-13-7-4-8-14-31/h3-25H,1-2H3. The van der Waals surface area contributed by atoms with E-state index in [2.05, 4.69) is 85.1 Å². The van der Waals surface area contributed by atoms with Crippen LogP contribution in [0.4, 0.5) is 0 Å². The Hall–Kier alpha value is -6.38. The molecule has 0 unspecified atom stereocenters. The Labute approximate surface area is 273 Å². The SMILES string of the molecule is Cc1cc(C)cc(-c2ccc3c(c2)c2ccccc2n3-c2cc(C#N)ccc2-c2nc(-c3ccccc3)nc(-c3ccccc3)n2)c1. The number of rotatable bonds is 5. The third-order valence-corrected chi connectivity index (χ3v) is 8.54. The van der Waals surface area contributed by atoms with E-state index < -0.39 is 0 Å². The smallest absolute Gasteiger partial charge is 0.166 e. The largest absolute Gasteiger partial charge is 0.308 e. The molecule has 0 spiro atoms. The molecular weight excluding hydrogens is 574 g/mol. The first-order valence-corrected chi connectivity index (χ1v) is 15.6. The van der Waals surface area contributed by atoms with E-state index in [1.807, 2.05) is 78.9 Å². The maximum atomic E-state index is 10.0. The molecular formula is C42H29N5. The van der Waals surface area contributed by atoms with Gasteiger partial charge in [0.1, 0.15) is 0 Å². The molecule has 0 bridgehead atoms. The Kier molecular flexibility index (Phi) is 6.89. The molecule has 5 nitrogen and oxygen atoms in total. The first-order chi connectivity index (χ1) is 23.1. The molecule has 0 saturated heterocycles. The molecule has 8 rings (SSSR count). The highest BCUT2D eigenvalue weighted by Crippen LogP contribution is 2.38. The molecule has 0 atom stereocenters. The number of aromatic nitrogens is 4. The van der Waals surface area contributed by atoms with Crippen LogP contribution < -0.4 is 0 Å². The Morgan fingerprint density at radius 1 is 0.489 bits per heavy atom. The number of hydrogen-bond donors (Lipinski definition) is 0. The topological polar surface area (TPSA) is 67.4 Å². The summed E-state index contributed by atoms with van der Waals surface area (Å²) in [5, 5.41) is 12.3. The van der Waals surface area contributed by atoms with Crippen LogP contribution in [-0.2, 0) is 0 Å². The van der Waals surface area contributed by atoms with E-state index in [0.717, 1.165) is 49.7 Å². The van der Waals surface area contributed by atoms with Gasteiger partial charge in [0.25, 0.3) is 0 Å². The maximum absolute atomic E-state index is 10.0. The van der Waals surface area contributed by atoms with Crippen molar-refractivity contribution in [3.8, 4) is 57.0 Å². The lowest BCUT2D eigenvalue weighted by molar-refractivity contribution is 1.06. The summed E-state index contributed by atoms with van der Waals surface area (Å²) in [6, 6.07) is 49.8. The predicted octanol–water partition coefficient (Wildman–Crippen LogP) is 10.1. The van der Waals surface area contributed by atoms with Crippen LogP contribution >= 0.6 is 0 Å². The number of aryl methyl sites for hydroxylation is 2. The van der Waals surface area contributed by atoms with Crippen molar-refractivity contribution < 1.29 is 0 Å². The van der Waals surface area contributed by atoms with Gasteiger partial charge in [-0.3, -0.25) is 0 Å². The summed E-state index contributed by atoms with van der Waals surface area (Å²) >= 11 is 0. The van der Waals surface area contributed by atoms with Crippen LogP contribution in [0, 0.1) is 25.2 Å². The van der Waals surface area contributed by atoms with Crippen LogP contribution in [0.25, 0.3) is 72.8 Å². The van der Waals surface area contributed by atoms with E-state index in [9.17, 15) is 5.26 Å². The third kappa shape index (κ3) is 5.12. The molecule has 0 aliphatic heterocycles. The Morgan fingerprint density at radius 3 is 1.74 bits per heavy atom. The average Bonchev–Trinajstić information content (AvgIpc) is 3.45. The monoisotopic (exact) mass is 603 g/mol. The fourth-order valence-corrected chi connectivity index (χ4v) is 6.46. The molecule has 0 saturated carbocycles. The Morgan fingerprint density at radius 2 is 1.09 bits per heavy atom. The van der Waals surface area contributed by atoms with E-state index in [0.29, 0.717) is 23.0 Å². The van der Waals surface area contributed by atoms with Crippen molar-refractivity contribution in [1.82, 2.24) is 19.5 Å². The lowest BCUT2D eigenvalue weighted by Gasteiger charge is -2.15. The highest BCUT2D eigenvalue weighted by Gasteiger charge is 2.20. The zero-order valence-electron chi connectivity index (χ0n) is 26.0. The summed E-state index contributed by atoms with van der Waals surface area (Å²) < 4.78 is 2.24. The van der Waals surface area contributed by atoms with Gasteiger partial charge in [0.2, 0.25) is 0 Å². The molecule has 0 N–H and O–H groups in total. The summed E-state index contributed by atoms with van der Waals surface area (Å²) in [5.41, 5.74) is 10.9. The van der Waals surface area contributed by atoms with E-state index in [1.165, 1.54) is 16.7 Å². The second kappa shape index (κ2) is 11.5. The maximum Gasteiger partial charge on any atom is 0.166 e. The van der Waals surface area contributed by atoms with Crippen LogP contribution in [0.2, 0.25) is 0 Å². The zero-order valence-corrected chi connectivity index (χ0v) is 26.0. The van der Waals surface area contributed by atoms with Gasteiger partial charge in [0, 0.05) is 27.5 Å². The summed E-state index contributed by atoms with van der Waals surface area (Å²) in [6.45, 7) is 4.27. The van der Waals surface area contributed by atoms with E-state index >= 15 is 0 Å². The van der Waals surface area contributed by atoms with Gasteiger partial charge in [-0.15, -0.1) is 0 Å². The predicted molar refractivity (Wildman–Crippen MR) is 190 cm³/mol. The molecule has 0 radical (unpaired) electrons. The molecule has 0 aliphatic rings. The fraction of sp³-hybridized carbons (Fsp3) is 0.0476. The lowest BCUT2D eigenvalue weighted by Crippen LogP contribution is -2.04. The highest BCUT2D eigenvalue weighted by atomic mass is 15.1. The van der Waals surface area contributed by atoms with Gasteiger partial charge >= 0.3 is 0 Å². The number of nitriles is 1. The van der Waals surface area contributed by atoms with Crippen LogP contribution in [0.3, 0.4) is 0 Å². The number of para-hydroxylation sites is 1. The molecule has 47 heavy (non-hydrogen) atoms. The van der Waals surface area contributed by atoms with E-state index in [-0.39, 0.29) is 0 Å². The van der Waals surface area contributed by atoms with Crippen molar-refractivity contribution in [3.63, 3.8) is 0 Å². The van der Waals surface area contributed by atoms with Crippen molar-refractivity contribution in [2.24, 2.45) is 0 Å². The van der Waals surface area contributed by atoms with Crippen LogP contribution in [0.15, 0.2) is 140 Å². The van der Waals surface area contributed by atoms with Crippen LogP contribution in [0.5, 0.6) is 0 Å². The number of benzene rings is 6. The van der Waals surface area contributed by atoms with Gasteiger partial charge in [-0.25, -0.2) is 15.0 Å². The normalized spacial score (nSPS) is 11.2. The van der Waals surface area contributed by atoms with Gasteiger partial charge in [-0.2, -0.15) is 5.26 Å². The van der Waals surface area contributed by atoms with Crippen molar-refractivity contribution in [2.75, 3.05) is 0 Å². The van der Waals surface area contributed by atoms with Crippen LogP contribution in [0.1, 0.15) is 16.7 Å². The second-order valence-corrected chi connectivity index (χ2v) is 11.8. The van der Waals surface area contributed by atoms with Gasteiger partial charge in [0.15, 0.2) is 17.5 Å². The van der Waals surface area contributed by atoms with Gasteiger partial charge in [-0.1, -0.05) is 114 Å². The molecule has 222 valence electrons. The number of nitrogens with zero attached hydrogens (tertiary/aromatic N) is 5. The molecule has 0 amide bonds. The van der Waals surface area contributed by atoms with Gasteiger partial charge < -0.3 is 4.57 Å². The van der Waals surface area contributed by atoms with Gasteiger partial charge in [-0.05, 0) is 61.4 Å². The fourth-order valence-electron chi connectivity index (χ4n) is 6.46. The quantitative estimate of drug-likeness (QED) is 0.196. The Bertz CT molecular complexity index is 2410. The molecule has 0 aliphatic carbocycles. The molecule has 2 aromatic heterocycles. The first kappa shape index (κ1) is 28.1. The minimum atomic E-state index is 0.537. The summed E-state index contributed by atoms with van der Waals surface area (Å²) in [5.74, 6) is 1.71. The molecule has 2 heterocycles. The molecule has 6 aromatic carbocycles. The number of hydrogen-bond acceptors (Lipinski definition) is 4. The Balaban J connectivity index is 1.40. The third-order valence-electron chi connectivity index (χ3n) is 8.54. The second-order valence-electron chi connectivity index (χ2n) is 11.8. The minimum Gasteiger partial charge on any atom is -0.308 e. The lowest BCUT2D eigenvalue weighted by atomic mass is 9.99. The van der Waals surface area contributed by atoms with Crippen molar-refractivity contribution in [2.45, 2.75) is 13.8 Å². The molecule has 8 aromatic rings. The molecule has 0 fully saturated rings. The molecule has 5 heteroatoms. The van der Waals surface area contributed by atoms with Crippen molar-refractivity contribution in [3.05, 3.63) is 156 Å². The first-order valence-electron chi connectivity index (χ1n) is 15.6. The van der Waals surface area contributed by atoms with E-state index in [4.69, 9.17) is 15.0 Å².